The van der Waals surface area contributed by atoms with E-state index in [9.17, 15) is 9.59 Å². The predicted octanol–water partition coefficient (Wildman–Crippen LogP) is -2.69. The lowest BCUT2D eigenvalue weighted by Gasteiger charge is -2.25. The third-order valence-electron chi connectivity index (χ3n) is 7.30. The molecular formula is C26H30B19Cl2N4O6. The van der Waals surface area contributed by atoms with Crippen LogP contribution in [0.4, 0.5) is 0 Å². The van der Waals surface area contributed by atoms with Crippen LogP contribution < -0.4 is 4.74 Å². The van der Waals surface area contributed by atoms with Crippen molar-refractivity contribution in [2.45, 2.75) is 12.5 Å². The van der Waals surface area contributed by atoms with Crippen LogP contribution in [-0.4, -0.2) is 187 Å². The standard InChI is InChI=1S/C13H14N2O3.C8H8O3.C5H7ClN2.B11.B8.ClH/c1-15-7-6-14-12(15)9-18-11-5-3-4-10(8-11)13(16)17-2;1-11-8(10)6-3-2-4-7(9)5-6;1-8-3-2-7-5(8)4-6;1-7-10(6)11(8(2)3)9(4)5;1-6(2)8(5)7(3)4;/h3-8H,9H2,1-2H3;2-5,9H,1H3;2-3H,4H2,1H3;;;1H. The highest BCUT2D eigenvalue weighted by Gasteiger charge is 2.26. The molecule has 0 atom stereocenters. The number of hydrogen-bond acceptors (Lipinski definition) is 8. The second kappa shape index (κ2) is 31.2. The number of aryl methyl sites for hydroxylation is 2. The van der Waals surface area contributed by atoms with Crippen molar-refractivity contribution < 1.29 is 28.9 Å². The van der Waals surface area contributed by atoms with Crippen molar-refractivity contribution in [3.63, 3.8) is 0 Å². The molecule has 261 valence electrons. The lowest BCUT2D eigenvalue weighted by Crippen LogP contribution is -2.63. The molecule has 0 aliphatic heterocycles. The van der Waals surface area contributed by atoms with Gasteiger partial charge in [0, 0.05) is 176 Å². The molecule has 4 rings (SSSR count). The van der Waals surface area contributed by atoms with Gasteiger partial charge in [-0.3, -0.25) is 0 Å². The quantitative estimate of drug-likeness (QED) is 0.0942. The van der Waals surface area contributed by atoms with Crippen LogP contribution in [0, 0.1) is 0 Å². The molecule has 2 aromatic carbocycles. The smallest absolute Gasteiger partial charge is 0.337 e. The van der Waals surface area contributed by atoms with Crippen molar-refractivity contribution in [1.29, 1.82) is 0 Å². The number of halogens is 2. The molecule has 0 aliphatic rings. The van der Waals surface area contributed by atoms with Gasteiger partial charge in [-0.2, -0.15) is 0 Å². The van der Waals surface area contributed by atoms with Crippen LogP contribution in [0.2, 0.25) is 0 Å². The second-order valence-corrected chi connectivity index (χ2v) is 11.9. The molecule has 0 bridgehead atoms. The molecule has 0 spiro atoms. The fraction of sp³-hybridized carbons (Fsp3) is 0.231. The molecule has 2 heterocycles. The number of ether oxygens (including phenoxy) is 3. The summed E-state index contributed by atoms with van der Waals surface area (Å²) < 4.78 is 18.4. The van der Waals surface area contributed by atoms with Crippen LogP contribution in [0.15, 0.2) is 73.3 Å². The van der Waals surface area contributed by atoms with Gasteiger partial charge in [0.05, 0.1) is 31.2 Å². The van der Waals surface area contributed by atoms with Gasteiger partial charge < -0.3 is 28.5 Å². The molecular weight excluding hydrogens is 741 g/mol. The Kier molecular flexibility index (Phi) is 30.8. The van der Waals surface area contributed by atoms with Crippen LogP contribution in [0.5, 0.6) is 11.5 Å². The number of carbonyl (C=O) groups excluding carboxylic acids is 2. The van der Waals surface area contributed by atoms with Crippen LogP contribution in [0.1, 0.15) is 32.4 Å². The number of nitrogens with zero attached hydrogens (tertiary/aromatic N) is 4. The summed E-state index contributed by atoms with van der Waals surface area (Å²) >= 11 is 5.49. The number of rotatable bonds is 12. The maximum atomic E-state index is 11.4. The summed E-state index contributed by atoms with van der Waals surface area (Å²) in [5.74, 6) is 2.07. The van der Waals surface area contributed by atoms with E-state index in [0.29, 0.717) is 29.4 Å². The van der Waals surface area contributed by atoms with Crippen molar-refractivity contribution in [3.8, 4) is 11.5 Å². The third kappa shape index (κ3) is 22.8. The lowest BCUT2D eigenvalue weighted by atomic mass is 8.56. The first-order valence-corrected chi connectivity index (χ1v) is 17.2. The molecule has 10 nitrogen and oxygen atoms in total. The summed E-state index contributed by atoms with van der Waals surface area (Å²) in [6.07, 6.45) is 3.24. The zero-order valence-corrected chi connectivity index (χ0v) is 33.9. The van der Waals surface area contributed by atoms with Crippen LogP contribution in [0.3, 0.4) is 0 Å². The molecule has 57 heavy (non-hydrogen) atoms. The first kappa shape index (κ1) is 56.3. The van der Waals surface area contributed by atoms with E-state index in [1.165, 1.54) is 33.4 Å². The molecule has 0 fully saturated rings. The molecule has 0 saturated heterocycles. The SMILES string of the molecule is COC(=O)c1cccc(O)c1.COC(=O)c1cccc(OCc2nccn2C)c1.Cl.Cn1ccnc1CCl.[B]B([B])B([B])B([B])[B].[B][B]B([B])B(B([B])[B])B([B])[B]. The summed E-state index contributed by atoms with van der Waals surface area (Å²) in [5.41, 5.74) is 0.822. The molecule has 2 aromatic heterocycles. The predicted molar refractivity (Wildman–Crippen MR) is 254 cm³/mol. The number of carbonyl (C=O) groups is 2. The fourth-order valence-electron chi connectivity index (χ4n) is 3.94. The summed E-state index contributed by atoms with van der Waals surface area (Å²) in [5, 5.41) is 8.95. The molecule has 4 aromatic rings. The van der Waals surface area contributed by atoms with Crippen molar-refractivity contribution in [2.24, 2.45) is 14.1 Å². The highest BCUT2D eigenvalue weighted by Crippen LogP contribution is 2.15. The number of methoxy groups -OCH3 is 2. The Morgan fingerprint density at radius 2 is 1.21 bits per heavy atom. The maximum absolute atomic E-state index is 11.4. The largest absolute Gasteiger partial charge is 0.508 e. The Hall–Kier alpha value is -2.79. The second-order valence-electron chi connectivity index (χ2n) is 11.6. The van der Waals surface area contributed by atoms with E-state index >= 15 is 0 Å². The summed E-state index contributed by atoms with van der Waals surface area (Å²) in [7, 11) is 65.7. The number of phenolic OH excluding ortho intramolecular Hbond substituents is 1. The first-order chi connectivity index (χ1) is 26.3. The van der Waals surface area contributed by atoms with Gasteiger partial charge in [-0.1, -0.05) is 12.1 Å². The highest BCUT2D eigenvalue weighted by atomic mass is 35.5. The van der Waals surface area contributed by atoms with E-state index in [2.05, 4.69) is 19.4 Å². The zero-order valence-electron chi connectivity index (χ0n) is 32.4. The Balaban J connectivity index is 0. The average molecular weight is 771 g/mol. The molecule has 1 N–H and O–H groups in total. The molecule has 0 saturated carbocycles. The van der Waals surface area contributed by atoms with E-state index < -0.39 is 44.3 Å². The molecule has 0 unspecified atom stereocenters. The molecule has 23 radical (unpaired) electrons. The number of alkyl halides is 1. The normalized spacial score (nSPS) is 9.07. The summed E-state index contributed by atoms with van der Waals surface area (Å²) in [6.45, 7) is 0.355. The molecule has 0 amide bonds. The summed E-state index contributed by atoms with van der Waals surface area (Å²) in [6, 6.07) is 12.9. The minimum Gasteiger partial charge on any atom is -0.508 e. The average Bonchev–Trinajstić information content (AvgIpc) is 3.79. The lowest BCUT2D eigenvalue weighted by molar-refractivity contribution is 0.0591. The van der Waals surface area contributed by atoms with Crippen molar-refractivity contribution in [2.75, 3.05) is 14.2 Å². The fourth-order valence-corrected chi connectivity index (χ4v) is 4.20. The Morgan fingerprint density at radius 3 is 1.53 bits per heavy atom. The number of phenols is 1. The number of aromatic nitrogens is 4. The number of benzene rings is 2. The van der Waals surface area contributed by atoms with Crippen molar-refractivity contribution in [1.82, 2.24) is 19.1 Å². The number of aromatic hydroxyl groups is 1. The Labute approximate surface area is 367 Å². The van der Waals surface area contributed by atoms with E-state index in [0.717, 1.165) is 11.6 Å². The van der Waals surface area contributed by atoms with Crippen molar-refractivity contribution in [3.05, 3.63) is 96.1 Å². The van der Waals surface area contributed by atoms with Crippen LogP contribution in [-0.2, 0) is 36.1 Å². The van der Waals surface area contributed by atoms with Crippen LogP contribution in [0.25, 0.3) is 0 Å². The first-order valence-electron chi connectivity index (χ1n) is 16.6. The highest BCUT2D eigenvalue weighted by molar-refractivity contribution is 8.02. The van der Waals surface area contributed by atoms with Crippen LogP contribution >= 0.6 is 24.0 Å². The Morgan fingerprint density at radius 1 is 0.754 bits per heavy atom. The van der Waals surface area contributed by atoms with Crippen molar-refractivity contribution >= 4 is 173 Å². The van der Waals surface area contributed by atoms with Gasteiger partial charge in [0.15, 0.2) is 0 Å². The summed E-state index contributed by atoms with van der Waals surface area (Å²) in [4.78, 5) is 30.3. The number of imidazole rings is 2. The minimum atomic E-state index is -0.648. The van der Waals surface area contributed by atoms with Gasteiger partial charge in [-0.05, 0) is 36.4 Å². The monoisotopic (exact) mass is 773 g/mol. The zero-order chi connectivity index (χ0) is 43.0. The molecule has 31 heteroatoms. The Bertz CT molecular complexity index is 1680. The number of esters is 2. The van der Waals surface area contributed by atoms with Gasteiger partial charge in [0.1, 0.15) is 29.8 Å². The van der Waals surface area contributed by atoms with Gasteiger partial charge in [0.25, 0.3) is 0 Å². The van der Waals surface area contributed by atoms with E-state index in [1.807, 2.05) is 35.6 Å². The van der Waals surface area contributed by atoms with E-state index in [-0.39, 0.29) is 30.5 Å². The van der Waals surface area contributed by atoms with Gasteiger partial charge in [0.2, 0.25) is 0 Å². The maximum Gasteiger partial charge on any atom is 0.337 e. The van der Waals surface area contributed by atoms with Gasteiger partial charge in [-0.25, -0.2) is 19.6 Å². The van der Waals surface area contributed by atoms with Gasteiger partial charge >= 0.3 is 11.9 Å². The van der Waals surface area contributed by atoms with E-state index in [1.54, 1.807) is 48.8 Å². The van der Waals surface area contributed by atoms with E-state index in [4.69, 9.17) is 107 Å². The minimum absolute atomic E-state index is 0. The molecule has 0 aliphatic carbocycles. The van der Waals surface area contributed by atoms with Gasteiger partial charge in [-0.15, -0.1) is 24.0 Å². The number of hydrogen-bond donors (Lipinski definition) is 1. The topological polar surface area (TPSA) is 118 Å². The third-order valence-corrected chi connectivity index (χ3v) is 7.54.